The first-order valence-corrected chi connectivity index (χ1v) is 8.59. The molecule has 1 unspecified atom stereocenters. The summed E-state index contributed by atoms with van der Waals surface area (Å²) < 4.78 is 5.50. The minimum Gasteiger partial charge on any atom is -0.376 e. The summed E-state index contributed by atoms with van der Waals surface area (Å²) in [5.74, 6) is 0.552. The van der Waals surface area contributed by atoms with Crippen molar-refractivity contribution in [2.45, 2.75) is 31.8 Å². The molecule has 3 rings (SSSR count). The Balaban J connectivity index is 1.32. The molecule has 2 amide bonds. The summed E-state index contributed by atoms with van der Waals surface area (Å²) in [7, 11) is 0. The van der Waals surface area contributed by atoms with E-state index in [0.717, 1.165) is 51.9 Å². The highest BCUT2D eigenvalue weighted by molar-refractivity contribution is 5.73. The Hall–Kier alpha value is -1.82. The average molecular weight is 318 g/mol. The molecule has 2 saturated heterocycles. The van der Waals surface area contributed by atoms with Crippen LogP contribution in [0.1, 0.15) is 25.7 Å². The van der Waals surface area contributed by atoms with E-state index in [-0.39, 0.29) is 12.1 Å². The van der Waals surface area contributed by atoms with Crippen LogP contribution < -0.4 is 15.5 Å². The Morgan fingerprint density at radius 1 is 1.26 bits per heavy atom. The number of aromatic nitrogens is 1. The van der Waals surface area contributed by atoms with Gasteiger partial charge in [-0.25, -0.2) is 4.79 Å². The summed E-state index contributed by atoms with van der Waals surface area (Å²) >= 11 is 0. The molecule has 0 aliphatic carbocycles. The first-order valence-electron chi connectivity index (χ1n) is 8.59. The van der Waals surface area contributed by atoms with Crippen LogP contribution in [-0.2, 0) is 4.74 Å². The highest BCUT2D eigenvalue weighted by atomic mass is 16.5. The second-order valence-corrected chi connectivity index (χ2v) is 6.37. The van der Waals surface area contributed by atoms with E-state index in [1.165, 1.54) is 5.69 Å². The molecule has 6 heteroatoms. The molecule has 6 nitrogen and oxygen atoms in total. The normalized spacial score (nSPS) is 22.1. The van der Waals surface area contributed by atoms with Gasteiger partial charge in [-0.1, -0.05) is 0 Å². The number of piperidine rings is 1. The van der Waals surface area contributed by atoms with Gasteiger partial charge >= 0.3 is 6.03 Å². The van der Waals surface area contributed by atoms with Crippen molar-refractivity contribution in [1.29, 1.82) is 0 Å². The van der Waals surface area contributed by atoms with Crippen molar-refractivity contribution in [3.8, 4) is 0 Å². The molecule has 1 atom stereocenters. The van der Waals surface area contributed by atoms with Gasteiger partial charge in [0.25, 0.3) is 0 Å². The number of rotatable bonds is 5. The van der Waals surface area contributed by atoms with Crippen molar-refractivity contribution in [1.82, 2.24) is 15.6 Å². The maximum atomic E-state index is 11.8. The molecule has 0 saturated carbocycles. The Labute approximate surface area is 137 Å². The molecule has 126 valence electrons. The smallest absolute Gasteiger partial charge is 0.314 e. The lowest BCUT2D eigenvalue weighted by Gasteiger charge is -2.33. The number of ether oxygens (including phenoxy) is 1. The number of hydrogen-bond acceptors (Lipinski definition) is 4. The molecule has 0 radical (unpaired) electrons. The van der Waals surface area contributed by atoms with Gasteiger partial charge in [0.2, 0.25) is 0 Å². The van der Waals surface area contributed by atoms with Gasteiger partial charge in [0.15, 0.2) is 0 Å². The van der Waals surface area contributed by atoms with Gasteiger partial charge in [-0.05, 0) is 43.7 Å². The Morgan fingerprint density at radius 2 is 2.09 bits per heavy atom. The van der Waals surface area contributed by atoms with Crippen molar-refractivity contribution in [3.05, 3.63) is 24.5 Å². The van der Waals surface area contributed by atoms with E-state index >= 15 is 0 Å². The maximum absolute atomic E-state index is 11.8. The molecule has 23 heavy (non-hydrogen) atoms. The molecule has 2 aliphatic rings. The lowest BCUT2D eigenvalue weighted by molar-refractivity contribution is 0.111. The van der Waals surface area contributed by atoms with E-state index in [4.69, 9.17) is 4.74 Å². The number of carbonyl (C=O) groups is 1. The van der Waals surface area contributed by atoms with Crippen LogP contribution in [0.4, 0.5) is 10.5 Å². The fourth-order valence-electron chi connectivity index (χ4n) is 3.25. The van der Waals surface area contributed by atoms with Crippen molar-refractivity contribution in [2.75, 3.05) is 37.7 Å². The zero-order chi connectivity index (χ0) is 15.9. The minimum absolute atomic E-state index is 0.0739. The van der Waals surface area contributed by atoms with Crippen LogP contribution in [-0.4, -0.2) is 49.9 Å². The van der Waals surface area contributed by atoms with Crippen LogP contribution in [0.5, 0.6) is 0 Å². The van der Waals surface area contributed by atoms with Crippen molar-refractivity contribution >= 4 is 11.7 Å². The fraction of sp³-hybridized carbons (Fsp3) is 0.647. The Kier molecular flexibility index (Phi) is 5.69. The van der Waals surface area contributed by atoms with E-state index in [0.29, 0.717) is 12.5 Å². The predicted molar refractivity (Wildman–Crippen MR) is 89.5 cm³/mol. The van der Waals surface area contributed by atoms with Gasteiger partial charge < -0.3 is 20.3 Å². The van der Waals surface area contributed by atoms with Crippen LogP contribution in [0.25, 0.3) is 0 Å². The summed E-state index contributed by atoms with van der Waals surface area (Å²) in [6.07, 6.45) is 8.26. The fourth-order valence-corrected chi connectivity index (χ4v) is 3.25. The summed E-state index contributed by atoms with van der Waals surface area (Å²) in [5, 5.41) is 5.90. The standard InChI is InChI=1S/C17H26N4O2/c22-17(20-13-16-4-2-10-23-16)19-11-14-5-8-21(9-6-14)15-3-1-7-18-12-15/h1,3,7,12,14,16H,2,4-6,8-11,13H2,(H2,19,20,22). The van der Waals surface area contributed by atoms with Gasteiger partial charge in [0.1, 0.15) is 0 Å². The molecule has 0 aromatic carbocycles. The molecule has 1 aromatic heterocycles. The van der Waals surface area contributed by atoms with Gasteiger partial charge in [-0.15, -0.1) is 0 Å². The van der Waals surface area contributed by atoms with Crippen molar-refractivity contribution in [3.63, 3.8) is 0 Å². The Morgan fingerprint density at radius 3 is 2.78 bits per heavy atom. The molecule has 2 aliphatic heterocycles. The molecule has 2 N–H and O–H groups in total. The van der Waals surface area contributed by atoms with Crippen molar-refractivity contribution < 1.29 is 9.53 Å². The molecule has 0 spiro atoms. The number of nitrogens with zero attached hydrogens (tertiary/aromatic N) is 2. The van der Waals surface area contributed by atoms with E-state index in [2.05, 4.69) is 26.6 Å². The molecular formula is C17H26N4O2. The van der Waals surface area contributed by atoms with Crippen LogP contribution in [0.3, 0.4) is 0 Å². The zero-order valence-corrected chi connectivity index (χ0v) is 13.5. The number of carbonyl (C=O) groups excluding carboxylic acids is 1. The zero-order valence-electron chi connectivity index (χ0n) is 13.5. The van der Waals surface area contributed by atoms with Gasteiger partial charge in [-0.3, -0.25) is 4.98 Å². The SMILES string of the molecule is O=C(NCC1CCN(c2cccnc2)CC1)NCC1CCCO1. The third-order valence-electron chi connectivity index (χ3n) is 4.69. The third-order valence-corrected chi connectivity index (χ3v) is 4.69. The molecule has 3 heterocycles. The number of nitrogens with one attached hydrogen (secondary N) is 2. The second kappa shape index (κ2) is 8.15. The number of anilines is 1. The van der Waals surface area contributed by atoms with Gasteiger partial charge in [0, 0.05) is 39.0 Å². The highest BCUT2D eigenvalue weighted by Crippen LogP contribution is 2.21. The maximum Gasteiger partial charge on any atom is 0.314 e. The highest BCUT2D eigenvalue weighted by Gasteiger charge is 2.20. The molecule has 1 aromatic rings. The van der Waals surface area contributed by atoms with E-state index < -0.39 is 0 Å². The second-order valence-electron chi connectivity index (χ2n) is 6.37. The lowest BCUT2D eigenvalue weighted by atomic mass is 9.96. The Bertz CT molecular complexity index is 483. The topological polar surface area (TPSA) is 66.5 Å². The number of amides is 2. The predicted octanol–water partition coefficient (Wildman–Crippen LogP) is 1.78. The molecular weight excluding hydrogens is 292 g/mol. The van der Waals surface area contributed by atoms with Crippen LogP contribution in [0.2, 0.25) is 0 Å². The first kappa shape index (κ1) is 16.1. The van der Waals surface area contributed by atoms with Crippen LogP contribution >= 0.6 is 0 Å². The van der Waals surface area contributed by atoms with E-state index in [1.54, 1.807) is 6.20 Å². The first-order chi connectivity index (χ1) is 11.3. The quantitative estimate of drug-likeness (QED) is 0.868. The number of urea groups is 1. The van der Waals surface area contributed by atoms with E-state index in [1.807, 2.05) is 12.3 Å². The summed E-state index contributed by atoms with van der Waals surface area (Å²) in [5.41, 5.74) is 1.19. The lowest BCUT2D eigenvalue weighted by Crippen LogP contribution is -2.43. The van der Waals surface area contributed by atoms with Crippen LogP contribution in [0, 0.1) is 5.92 Å². The molecule has 0 bridgehead atoms. The largest absolute Gasteiger partial charge is 0.376 e. The molecule has 2 fully saturated rings. The van der Waals surface area contributed by atoms with Gasteiger partial charge in [0.05, 0.1) is 18.0 Å². The average Bonchev–Trinajstić information content (AvgIpc) is 3.13. The number of hydrogen-bond donors (Lipinski definition) is 2. The van der Waals surface area contributed by atoms with E-state index in [9.17, 15) is 4.79 Å². The number of pyridine rings is 1. The summed E-state index contributed by atoms with van der Waals surface area (Å²) in [6, 6.07) is 4.00. The van der Waals surface area contributed by atoms with Crippen LogP contribution in [0.15, 0.2) is 24.5 Å². The van der Waals surface area contributed by atoms with Gasteiger partial charge in [-0.2, -0.15) is 0 Å². The third kappa shape index (κ3) is 4.82. The summed E-state index contributed by atoms with van der Waals surface area (Å²) in [4.78, 5) is 18.4. The summed E-state index contributed by atoms with van der Waals surface area (Å²) in [6.45, 7) is 4.23. The monoisotopic (exact) mass is 318 g/mol. The van der Waals surface area contributed by atoms with Crippen molar-refractivity contribution in [2.24, 2.45) is 5.92 Å². The minimum atomic E-state index is -0.0739.